The summed E-state index contributed by atoms with van der Waals surface area (Å²) in [6, 6.07) is 25.7. The van der Waals surface area contributed by atoms with E-state index in [1.54, 1.807) is 24.3 Å². The van der Waals surface area contributed by atoms with E-state index in [0.717, 1.165) is 11.1 Å². The summed E-state index contributed by atoms with van der Waals surface area (Å²) in [5.41, 5.74) is 8.24. The van der Waals surface area contributed by atoms with Gasteiger partial charge in [-0.05, 0) is 29.3 Å². The third kappa shape index (κ3) is 4.05. The molecule has 3 rings (SSSR count). The maximum Gasteiger partial charge on any atom is 0.256 e. The molecule has 3 aromatic rings. The molecule has 0 bridgehead atoms. The Labute approximate surface area is 152 Å². The molecule has 0 unspecified atom stereocenters. The number of benzene rings is 3. The van der Waals surface area contributed by atoms with Crippen LogP contribution >= 0.6 is 0 Å². The van der Waals surface area contributed by atoms with Gasteiger partial charge < -0.3 is 11.1 Å². The Balaban J connectivity index is 1.99. The van der Waals surface area contributed by atoms with E-state index in [9.17, 15) is 9.59 Å². The SMILES string of the molecule is NC(=O)c1ccccc1NC(=O)C(=Cc1ccccc1)c1ccccc1. The predicted octanol–water partition coefficient (Wildman–Crippen LogP) is 3.96. The Morgan fingerprint density at radius 2 is 1.35 bits per heavy atom. The first-order valence-electron chi connectivity index (χ1n) is 8.17. The molecule has 0 fully saturated rings. The van der Waals surface area contributed by atoms with Gasteiger partial charge in [-0.25, -0.2) is 0 Å². The number of anilines is 1. The number of para-hydroxylation sites is 1. The summed E-state index contributed by atoms with van der Waals surface area (Å²) < 4.78 is 0. The lowest BCUT2D eigenvalue weighted by molar-refractivity contribution is -0.111. The highest BCUT2D eigenvalue weighted by Crippen LogP contribution is 2.22. The lowest BCUT2D eigenvalue weighted by Gasteiger charge is -2.12. The largest absolute Gasteiger partial charge is 0.366 e. The normalized spacial score (nSPS) is 11.0. The summed E-state index contributed by atoms with van der Waals surface area (Å²) in [6.07, 6.45) is 1.82. The van der Waals surface area contributed by atoms with E-state index in [0.29, 0.717) is 11.3 Å². The summed E-state index contributed by atoms with van der Waals surface area (Å²) in [5, 5.41) is 2.80. The molecule has 0 aromatic heterocycles. The van der Waals surface area contributed by atoms with Gasteiger partial charge in [0.15, 0.2) is 0 Å². The predicted molar refractivity (Wildman–Crippen MR) is 104 cm³/mol. The van der Waals surface area contributed by atoms with Gasteiger partial charge in [0, 0.05) is 5.57 Å². The van der Waals surface area contributed by atoms with Crippen molar-refractivity contribution in [2.75, 3.05) is 5.32 Å². The van der Waals surface area contributed by atoms with E-state index >= 15 is 0 Å². The summed E-state index contributed by atoms with van der Waals surface area (Å²) in [4.78, 5) is 24.6. The molecule has 0 saturated carbocycles. The van der Waals surface area contributed by atoms with Gasteiger partial charge in [0.05, 0.1) is 11.3 Å². The lowest BCUT2D eigenvalue weighted by atomic mass is 10.0. The van der Waals surface area contributed by atoms with Crippen LogP contribution in [0.15, 0.2) is 84.9 Å². The van der Waals surface area contributed by atoms with Gasteiger partial charge in [-0.15, -0.1) is 0 Å². The number of nitrogens with two attached hydrogens (primary N) is 1. The third-order valence-electron chi connectivity index (χ3n) is 3.88. The first-order chi connectivity index (χ1) is 12.6. The Bertz CT molecular complexity index is 948. The van der Waals surface area contributed by atoms with Gasteiger partial charge in [0.2, 0.25) is 0 Å². The van der Waals surface area contributed by atoms with Gasteiger partial charge in [-0.2, -0.15) is 0 Å². The van der Waals surface area contributed by atoms with Crippen LogP contribution in [0.3, 0.4) is 0 Å². The minimum Gasteiger partial charge on any atom is -0.366 e. The molecule has 128 valence electrons. The molecule has 0 radical (unpaired) electrons. The van der Waals surface area contributed by atoms with Crippen molar-refractivity contribution in [3.8, 4) is 0 Å². The fourth-order valence-electron chi connectivity index (χ4n) is 2.61. The van der Waals surface area contributed by atoms with E-state index in [2.05, 4.69) is 5.32 Å². The molecule has 0 spiro atoms. The van der Waals surface area contributed by atoms with Crippen LogP contribution < -0.4 is 11.1 Å². The van der Waals surface area contributed by atoms with Crippen LogP contribution in [-0.2, 0) is 4.79 Å². The second-order valence-electron chi connectivity index (χ2n) is 5.70. The fraction of sp³-hybridized carbons (Fsp3) is 0. The average molecular weight is 342 g/mol. The van der Waals surface area contributed by atoms with Crippen molar-refractivity contribution in [1.82, 2.24) is 0 Å². The van der Waals surface area contributed by atoms with Crippen molar-refractivity contribution in [2.45, 2.75) is 0 Å². The van der Waals surface area contributed by atoms with Crippen LogP contribution in [0.5, 0.6) is 0 Å². The van der Waals surface area contributed by atoms with Gasteiger partial charge in [0.25, 0.3) is 11.8 Å². The maximum absolute atomic E-state index is 13.0. The van der Waals surface area contributed by atoms with Crippen molar-refractivity contribution >= 4 is 29.2 Å². The van der Waals surface area contributed by atoms with E-state index < -0.39 is 5.91 Å². The second-order valence-corrected chi connectivity index (χ2v) is 5.70. The standard InChI is InChI=1S/C22H18N2O2/c23-21(25)18-13-7-8-14-20(18)24-22(26)19(17-11-5-2-6-12-17)15-16-9-3-1-4-10-16/h1-15H,(H2,23,25)(H,24,26). The maximum atomic E-state index is 13.0. The molecule has 0 aliphatic carbocycles. The zero-order valence-electron chi connectivity index (χ0n) is 14.1. The second kappa shape index (κ2) is 7.94. The van der Waals surface area contributed by atoms with Gasteiger partial charge >= 0.3 is 0 Å². The minimum absolute atomic E-state index is 0.271. The first-order valence-corrected chi connectivity index (χ1v) is 8.17. The van der Waals surface area contributed by atoms with E-state index in [1.165, 1.54) is 0 Å². The van der Waals surface area contributed by atoms with E-state index in [-0.39, 0.29) is 11.5 Å². The van der Waals surface area contributed by atoms with Crippen LogP contribution in [0.4, 0.5) is 5.69 Å². The zero-order valence-corrected chi connectivity index (χ0v) is 14.1. The smallest absolute Gasteiger partial charge is 0.256 e. The Morgan fingerprint density at radius 3 is 2.00 bits per heavy atom. The quantitative estimate of drug-likeness (QED) is 0.544. The molecule has 3 aromatic carbocycles. The Hall–Kier alpha value is -3.66. The van der Waals surface area contributed by atoms with Crippen molar-refractivity contribution < 1.29 is 9.59 Å². The number of hydrogen-bond donors (Lipinski definition) is 2. The number of nitrogens with one attached hydrogen (secondary N) is 1. The molecule has 2 amide bonds. The third-order valence-corrected chi connectivity index (χ3v) is 3.88. The fourth-order valence-corrected chi connectivity index (χ4v) is 2.61. The van der Waals surface area contributed by atoms with Crippen LogP contribution in [0.2, 0.25) is 0 Å². The Kier molecular flexibility index (Phi) is 5.25. The zero-order chi connectivity index (χ0) is 18.4. The van der Waals surface area contributed by atoms with Crippen LogP contribution in [-0.4, -0.2) is 11.8 Å². The molecule has 0 saturated heterocycles. The van der Waals surface area contributed by atoms with Gasteiger partial charge in [0.1, 0.15) is 0 Å². The number of hydrogen-bond acceptors (Lipinski definition) is 2. The summed E-state index contributed by atoms with van der Waals surface area (Å²) in [5.74, 6) is -0.900. The Morgan fingerprint density at radius 1 is 0.769 bits per heavy atom. The molecule has 0 aliphatic heterocycles. The summed E-state index contributed by atoms with van der Waals surface area (Å²) >= 11 is 0. The first kappa shape index (κ1) is 17.2. The molecule has 4 heteroatoms. The molecule has 0 aliphatic rings. The van der Waals surface area contributed by atoms with Crippen molar-refractivity contribution in [3.63, 3.8) is 0 Å². The summed E-state index contributed by atoms with van der Waals surface area (Å²) in [6.45, 7) is 0. The highest BCUT2D eigenvalue weighted by atomic mass is 16.2. The lowest BCUT2D eigenvalue weighted by Crippen LogP contribution is -2.19. The summed E-state index contributed by atoms with van der Waals surface area (Å²) in [7, 11) is 0. The molecular weight excluding hydrogens is 324 g/mol. The number of carbonyl (C=O) groups excluding carboxylic acids is 2. The number of primary amides is 1. The molecule has 0 heterocycles. The monoisotopic (exact) mass is 342 g/mol. The topological polar surface area (TPSA) is 72.2 Å². The minimum atomic E-state index is -0.589. The van der Waals surface area contributed by atoms with Crippen molar-refractivity contribution in [1.29, 1.82) is 0 Å². The van der Waals surface area contributed by atoms with Crippen LogP contribution in [0.25, 0.3) is 11.6 Å². The molecule has 4 nitrogen and oxygen atoms in total. The molecule has 3 N–H and O–H groups in total. The van der Waals surface area contributed by atoms with Crippen LogP contribution in [0, 0.1) is 0 Å². The highest BCUT2D eigenvalue weighted by molar-refractivity contribution is 6.29. The number of rotatable bonds is 5. The number of amides is 2. The highest BCUT2D eigenvalue weighted by Gasteiger charge is 2.15. The van der Waals surface area contributed by atoms with Crippen molar-refractivity contribution in [3.05, 3.63) is 102 Å². The van der Waals surface area contributed by atoms with Crippen LogP contribution in [0.1, 0.15) is 21.5 Å². The van der Waals surface area contributed by atoms with E-state index in [1.807, 2.05) is 66.7 Å². The molecular formula is C22H18N2O2. The van der Waals surface area contributed by atoms with Gasteiger partial charge in [-0.1, -0.05) is 72.8 Å². The van der Waals surface area contributed by atoms with Gasteiger partial charge in [-0.3, -0.25) is 9.59 Å². The molecule has 26 heavy (non-hydrogen) atoms. The molecule has 0 atom stereocenters. The average Bonchev–Trinajstić information content (AvgIpc) is 2.68. The van der Waals surface area contributed by atoms with Crippen molar-refractivity contribution in [2.24, 2.45) is 5.73 Å². The van der Waals surface area contributed by atoms with E-state index in [4.69, 9.17) is 5.73 Å². The number of carbonyl (C=O) groups is 2.